The van der Waals surface area contributed by atoms with E-state index >= 15 is 0 Å². The molecule has 1 aromatic heterocycles. The predicted octanol–water partition coefficient (Wildman–Crippen LogP) is 1.15. The van der Waals surface area contributed by atoms with Crippen molar-refractivity contribution in [2.45, 2.75) is 33.8 Å². The second-order valence-corrected chi connectivity index (χ2v) is 5.25. The van der Waals surface area contributed by atoms with Gasteiger partial charge in [0, 0.05) is 6.54 Å². The number of carbonyl (C=O) groups excluding carboxylic acids is 3. The quantitative estimate of drug-likeness (QED) is 0.813. The van der Waals surface area contributed by atoms with Gasteiger partial charge in [0.2, 0.25) is 0 Å². The molecule has 1 atom stereocenters. The first kappa shape index (κ1) is 16.1. The van der Waals surface area contributed by atoms with E-state index in [0.29, 0.717) is 17.1 Å². The normalized spacial score (nSPS) is 11.6. The van der Waals surface area contributed by atoms with Gasteiger partial charge in [-0.25, -0.2) is 14.6 Å². The Morgan fingerprint density at radius 1 is 1.35 bits per heavy atom. The van der Waals surface area contributed by atoms with Crippen LogP contribution in [0.4, 0.5) is 4.79 Å². The summed E-state index contributed by atoms with van der Waals surface area (Å²) in [4.78, 5) is 39.1. The summed E-state index contributed by atoms with van der Waals surface area (Å²) in [5.41, 5.74) is 0.564. The fourth-order valence-corrected chi connectivity index (χ4v) is 2.21. The molecule has 0 aliphatic carbocycles. The number of ether oxygens (including phenoxy) is 1. The number of hydrogen-bond donors (Lipinski definition) is 2. The molecule has 110 valence electrons. The monoisotopic (exact) mass is 299 g/mol. The van der Waals surface area contributed by atoms with E-state index in [1.165, 1.54) is 18.3 Å². The fraction of sp³-hybridized carbons (Fsp3) is 0.500. The lowest BCUT2D eigenvalue weighted by atomic mass is 10.3. The maximum atomic E-state index is 11.9. The zero-order valence-electron chi connectivity index (χ0n) is 11.8. The van der Waals surface area contributed by atoms with Crippen molar-refractivity contribution in [1.82, 2.24) is 15.6 Å². The minimum absolute atomic E-state index is 0.361. The SMILES string of the molecule is CCNC(=O)NC(=O)C(C)OC(=O)c1sc(C)nc1C. The van der Waals surface area contributed by atoms with Crippen LogP contribution in [-0.2, 0) is 9.53 Å². The van der Waals surface area contributed by atoms with Crippen LogP contribution >= 0.6 is 11.3 Å². The van der Waals surface area contributed by atoms with Crippen LogP contribution in [0.25, 0.3) is 0 Å². The van der Waals surface area contributed by atoms with Crippen LogP contribution in [0.1, 0.15) is 34.2 Å². The minimum atomic E-state index is -1.06. The highest BCUT2D eigenvalue weighted by Crippen LogP contribution is 2.18. The van der Waals surface area contributed by atoms with Crippen LogP contribution in [0.15, 0.2) is 0 Å². The van der Waals surface area contributed by atoms with E-state index in [4.69, 9.17) is 4.74 Å². The van der Waals surface area contributed by atoms with Crippen LogP contribution < -0.4 is 10.6 Å². The van der Waals surface area contributed by atoms with Gasteiger partial charge < -0.3 is 10.1 Å². The molecule has 1 aromatic rings. The summed E-state index contributed by atoms with van der Waals surface area (Å²) in [6.07, 6.45) is -1.06. The minimum Gasteiger partial charge on any atom is -0.448 e. The van der Waals surface area contributed by atoms with E-state index in [9.17, 15) is 14.4 Å². The Kier molecular flexibility index (Phi) is 5.63. The first-order chi connectivity index (χ1) is 9.35. The Hall–Kier alpha value is -1.96. The standard InChI is InChI=1S/C12H17N3O4S/c1-5-13-12(18)15-10(16)7(3)19-11(17)9-6(2)14-8(4)20-9/h7H,5H2,1-4H3,(H2,13,15,16,18). The van der Waals surface area contributed by atoms with E-state index in [1.54, 1.807) is 20.8 Å². The second-order valence-electron chi connectivity index (χ2n) is 4.04. The number of esters is 1. The molecule has 1 heterocycles. The van der Waals surface area contributed by atoms with Crippen LogP contribution in [0.3, 0.4) is 0 Å². The summed E-state index contributed by atoms with van der Waals surface area (Å²) in [6, 6.07) is -0.620. The molecule has 0 aromatic carbocycles. The van der Waals surface area contributed by atoms with Crippen molar-refractivity contribution in [3.05, 3.63) is 15.6 Å². The van der Waals surface area contributed by atoms with Crippen molar-refractivity contribution in [2.24, 2.45) is 0 Å². The highest BCUT2D eigenvalue weighted by molar-refractivity contribution is 7.13. The molecule has 0 saturated heterocycles. The second kappa shape index (κ2) is 6.99. The van der Waals surface area contributed by atoms with Crippen molar-refractivity contribution < 1.29 is 19.1 Å². The first-order valence-electron chi connectivity index (χ1n) is 6.08. The Balaban J connectivity index is 2.59. The summed E-state index contributed by atoms with van der Waals surface area (Å²) in [7, 11) is 0. The van der Waals surface area contributed by atoms with Gasteiger partial charge in [-0.15, -0.1) is 11.3 Å². The smallest absolute Gasteiger partial charge is 0.351 e. The number of aromatic nitrogens is 1. The van der Waals surface area contributed by atoms with E-state index in [-0.39, 0.29) is 0 Å². The van der Waals surface area contributed by atoms with E-state index < -0.39 is 24.0 Å². The van der Waals surface area contributed by atoms with Crippen LogP contribution in [0.5, 0.6) is 0 Å². The highest BCUT2D eigenvalue weighted by Gasteiger charge is 2.23. The van der Waals surface area contributed by atoms with E-state index in [0.717, 1.165) is 5.01 Å². The number of aryl methyl sites for hydroxylation is 2. The van der Waals surface area contributed by atoms with Gasteiger partial charge in [-0.3, -0.25) is 10.1 Å². The molecule has 0 spiro atoms. The fourth-order valence-electron chi connectivity index (χ4n) is 1.41. The maximum absolute atomic E-state index is 11.9. The predicted molar refractivity (Wildman–Crippen MR) is 73.7 cm³/mol. The topological polar surface area (TPSA) is 97.4 Å². The van der Waals surface area contributed by atoms with Gasteiger partial charge in [-0.2, -0.15) is 0 Å². The molecular formula is C12H17N3O4S. The molecule has 0 saturated carbocycles. The van der Waals surface area contributed by atoms with Crippen LogP contribution in [-0.4, -0.2) is 35.5 Å². The van der Waals surface area contributed by atoms with Crippen molar-refractivity contribution in [3.63, 3.8) is 0 Å². The molecule has 1 rings (SSSR count). The summed E-state index contributed by atoms with van der Waals surface area (Å²) >= 11 is 1.20. The average molecular weight is 299 g/mol. The number of amides is 3. The Morgan fingerprint density at radius 2 is 2.00 bits per heavy atom. The third-order valence-electron chi connectivity index (χ3n) is 2.32. The highest BCUT2D eigenvalue weighted by atomic mass is 32.1. The third-order valence-corrected chi connectivity index (χ3v) is 3.37. The number of thiazole rings is 1. The molecule has 7 nitrogen and oxygen atoms in total. The lowest BCUT2D eigenvalue weighted by molar-refractivity contribution is -0.127. The summed E-state index contributed by atoms with van der Waals surface area (Å²) in [5, 5.41) is 5.23. The third kappa shape index (κ3) is 4.30. The average Bonchev–Trinajstić information content (AvgIpc) is 2.68. The summed E-state index contributed by atoms with van der Waals surface area (Å²) in [5.74, 6) is -1.30. The van der Waals surface area contributed by atoms with Gasteiger partial charge in [0.1, 0.15) is 4.88 Å². The largest absolute Gasteiger partial charge is 0.448 e. The molecule has 0 bridgehead atoms. The van der Waals surface area contributed by atoms with Gasteiger partial charge in [0.05, 0.1) is 10.7 Å². The number of nitrogens with zero attached hydrogens (tertiary/aromatic N) is 1. The lowest BCUT2D eigenvalue weighted by Gasteiger charge is -2.12. The maximum Gasteiger partial charge on any atom is 0.351 e. The zero-order chi connectivity index (χ0) is 15.3. The van der Waals surface area contributed by atoms with Gasteiger partial charge in [0.15, 0.2) is 6.10 Å². The summed E-state index contributed by atoms with van der Waals surface area (Å²) in [6.45, 7) is 6.99. The molecule has 1 unspecified atom stereocenters. The Morgan fingerprint density at radius 3 is 2.50 bits per heavy atom. The van der Waals surface area contributed by atoms with E-state index in [1.807, 2.05) is 0 Å². The van der Waals surface area contributed by atoms with Gasteiger partial charge in [0.25, 0.3) is 5.91 Å². The van der Waals surface area contributed by atoms with Crippen molar-refractivity contribution in [1.29, 1.82) is 0 Å². The van der Waals surface area contributed by atoms with Crippen molar-refractivity contribution in [3.8, 4) is 0 Å². The molecule has 0 aliphatic heterocycles. The van der Waals surface area contributed by atoms with Gasteiger partial charge >= 0.3 is 12.0 Å². The molecule has 3 amide bonds. The van der Waals surface area contributed by atoms with Crippen molar-refractivity contribution in [2.75, 3.05) is 6.54 Å². The molecule has 0 radical (unpaired) electrons. The molecular weight excluding hydrogens is 282 g/mol. The molecule has 20 heavy (non-hydrogen) atoms. The molecule has 0 aliphatic rings. The number of urea groups is 1. The number of carbonyl (C=O) groups is 3. The Bertz CT molecular complexity index is 527. The van der Waals surface area contributed by atoms with Gasteiger partial charge in [-0.1, -0.05) is 0 Å². The number of imide groups is 1. The summed E-state index contributed by atoms with van der Waals surface area (Å²) < 4.78 is 5.01. The zero-order valence-corrected chi connectivity index (χ0v) is 12.6. The number of hydrogen-bond acceptors (Lipinski definition) is 6. The lowest BCUT2D eigenvalue weighted by Crippen LogP contribution is -2.44. The van der Waals surface area contributed by atoms with Crippen molar-refractivity contribution >= 4 is 29.2 Å². The van der Waals surface area contributed by atoms with Gasteiger partial charge in [-0.05, 0) is 27.7 Å². The Labute approximate surface area is 120 Å². The first-order valence-corrected chi connectivity index (χ1v) is 6.90. The number of nitrogens with one attached hydrogen (secondary N) is 2. The van der Waals surface area contributed by atoms with Crippen LogP contribution in [0, 0.1) is 13.8 Å². The number of rotatable bonds is 4. The molecule has 2 N–H and O–H groups in total. The molecule has 0 fully saturated rings. The van der Waals surface area contributed by atoms with Crippen LogP contribution in [0.2, 0.25) is 0 Å². The molecule has 8 heteroatoms. The van der Waals surface area contributed by atoms with E-state index in [2.05, 4.69) is 15.6 Å².